The molecule has 1 fully saturated rings. The second-order valence-electron chi connectivity index (χ2n) is 12.0. The molecule has 0 saturated carbocycles. The maximum absolute atomic E-state index is 12.8. The summed E-state index contributed by atoms with van der Waals surface area (Å²) in [4.78, 5) is 17.4. The minimum absolute atomic E-state index is 0.0666. The number of benzene rings is 4. The van der Waals surface area contributed by atoms with Gasteiger partial charge >= 0.3 is 6.18 Å². The number of nitrogens with zero attached hydrogens (tertiary/aromatic N) is 3. The summed E-state index contributed by atoms with van der Waals surface area (Å²) in [5, 5.41) is 10.8. The molecule has 0 spiro atoms. The van der Waals surface area contributed by atoms with Gasteiger partial charge in [-0.15, -0.1) is 0 Å². The molecule has 4 aromatic carbocycles. The molecule has 1 amide bonds. The number of aromatic nitrogens is 2. The van der Waals surface area contributed by atoms with Crippen LogP contribution in [0.25, 0.3) is 10.9 Å². The van der Waals surface area contributed by atoms with Crippen molar-refractivity contribution in [2.75, 3.05) is 56.7 Å². The van der Waals surface area contributed by atoms with Crippen LogP contribution in [0.2, 0.25) is 0 Å². The number of fused-ring (bicyclic) bond motifs is 1. The van der Waals surface area contributed by atoms with Crippen LogP contribution in [0.5, 0.6) is 5.75 Å². The van der Waals surface area contributed by atoms with Gasteiger partial charge in [0.05, 0.1) is 29.2 Å². The number of alkyl halides is 3. The van der Waals surface area contributed by atoms with E-state index in [0.717, 1.165) is 54.9 Å². The molecule has 0 atom stereocenters. The molecule has 5 aromatic rings. The number of nitrogens with one attached hydrogen (secondary N) is 2. The number of halogens is 3. The molecule has 1 aliphatic rings. The first kappa shape index (κ1) is 37.3. The van der Waals surface area contributed by atoms with E-state index in [1.165, 1.54) is 24.3 Å². The Balaban J connectivity index is 0.000000392. The lowest BCUT2D eigenvalue weighted by molar-refractivity contribution is -0.137. The van der Waals surface area contributed by atoms with Crippen molar-refractivity contribution in [3.8, 4) is 5.75 Å². The molecule has 11 nitrogen and oxygen atoms in total. The summed E-state index contributed by atoms with van der Waals surface area (Å²) in [6.45, 7) is 6.49. The Bertz CT molecular complexity index is 2010. The molecule has 6 rings (SSSR count). The first-order valence-corrected chi connectivity index (χ1v) is 17.4. The minimum atomic E-state index is -4.35. The van der Waals surface area contributed by atoms with Gasteiger partial charge in [0.2, 0.25) is 0 Å². The molecular weight excluding hydrogens is 687 g/mol. The topological polar surface area (TPSA) is 137 Å². The summed E-state index contributed by atoms with van der Waals surface area (Å²) < 4.78 is 78.8. The third kappa shape index (κ3) is 10.5. The summed E-state index contributed by atoms with van der Waals surface area (Å²) >= 11 is 0. The second-order valence-corrected chi connectivity index (χ2v) is 13.4. The van der Waals surface area contributed by atoms with Crippen molar-refractivity contribution in [3.63, 3.8) is 0 Å². The second kappa shape index (κ2) is 16.4. The number of H-pyrrole nitrogens is 1. The van der Waals surface area contributed by atoms with Gasteiger partial charge in [0.15, 0.2) is 5.82 Å². The van der Waals surface area contributed by atoms with Crippen molar-refractivity contribution in [3.05, 3.63) is 113 Å². The number of rotatable bonds is 10. The summed E-state index contributed by atoms with van der Waals surface area (Å²) in [5.41, 5.74) is 3.26. The fraction of sp³-hybridized carbons (Fsp3) is 0.278. The normalized spacial score (nSPS) is 13.8. The number of ether oxygens (including phenoxy) is 2. The summed E-state index contributed by atoms with van der Waals surface area (Å²) in [6, 6.07) is 23.8. The lowest BCUT2D eigenvalue weighted by atomic mass is 10.1. The first-order chi connectivity index (χ1) is 24.3. The number of hydrogen-bond acceptors (Lipinski definition) is 8. The van der Waals surface area contributed by atoms with Gasteiger partial charge in [0.25, 0.3) is 16.0 Å². The molecule has 1 saturated heterocycles. The van der Waals surface area contributed by atoms with E-state index in [4.69, 9.17) is 14.0 Å². The highest BCUT2D eigenvalue weighted by molar-refractivity contribution is 7.85. The average Bonchev–Trinajstić information content (AvgIpc) is 3.50. The Hall–Kier alpha value is -4.96. The monoisotopic (exact) mass is 725 g/mol. The highest BCUT2D eigenvalue weighted by Crippen LogP contribution is 2.29. The van der Waals surface area contributed by atoms with Crippen molar-refractivity contribution < 1.29 is 40.4 Å². The van der Waals surface area contributed by atoms with Crippen LogP contribution in [0, 0.1) is 6.92 Å². The van der Waals surface area contributed by atoms with Crippen LogP contribution < -0.4 is 15.0 Å². The van der Waals surface area contributed by atoms with Crippen LogP contribution >= 0.6 is 0 Å². The van der Waals surface area contributed by atoms with Gasteiger partial charge < -0.3 is 24.6 Å². The average molecular weight is 726 g/mol. The van der Waals surface area contributed by atoms with Gasteiger partial charge in [-0.05, 0) is 80.2 Å². The van der Waals surface area contributed by atoms with Gasteiger partial charge in [0.1, 0.15) is 12.4 Å². The molecule has 0 unspecified atom stereocenters. The number of aromatic amines is 1. The molecule has 0 aliphatic carbocycles. The maximum Gasteiger partial charge on any atom is 0.416 e. The fourth-order valence-corrected chi connectivity index (χ4v) is 5.64. The highest BCUT2D eigenvalue weighted by atomic mass is 32.2. The van der Waals surface area contributed by atoms with Gasteiger partial charge in [-0.2, -0.15) is 26.7 Å². The van der Waals surface area contributed by atoms with Crippen LogP contribution in [0.15, 0.2) is 95.9 Å². The quantitative estimate of drug-likeness (QED) is 0.110. The Morgan fingerprint density at radius 2 is 1.59 bits per heavy atom. The predicted octanol–water partition coefficient (Wildman–Crippen LogP) is 6.42. The van der Waals surface area contributed by atoms with Crippen molar-refractivity contribution in [2.24, 2.45) is 0 Å². The predicted molar refractivity (Wildman–Crippen MR) is 188 cm³/mol. The molecule has 0 bridgehead atoms. The van der Waals surface area contributed by atoms with Gasteiger partial charge in [0, 0.05) is 48.9 Å². The zero-order valence-electron chi connectivity index (χ0n) is 28.0. The number of hydrogen-bond donors (Lipinski definition) is 3. The summed E-state index contributed by atoms with van der Waals surface area (Å²) in [5.74, 6) is 0.769. The molecular formula is C36H38F3N5O6S. The van der Waals surface area contributed by atoms with Crippen LogP contribution in [-0.4, -0.2) is 80.4 Å². The number of aryl methyl sites for hydroxylation is 1. The van der Waals surface area contributed by atoms with Crippen molar-refractivity contribution in [1.29, 1.82) is 0 Å². The molecule has 1 aromatic heterocycles. The minimum Gasteiger partial charge on any atom is -0.491 e. The molecule has 270 valence electrons. The standard InChI is InChI=1S/C29H30F3N5O3.C7H8O3S/c1-36-12-14-37(15-13-36)23-8-4-21(5-9-23)28(38)33-27-25-11-10-24(18-26(25)34-35-27)40-17-16-39-19-20-2-6-22(7-3-20)29(30,31)32;1-6-2-4-7(5-3-6)11(8,9)10/h2-11,18H,12-17,19H2,1H3,(H2,33,34,35,38);2-5H,1H3,(H,8,9,10). The Kier molecular flexibility index (Phi) is 12.0. The van der Waals surface area contributed by atoms with Crippen molar-refractivity contribution in [2.45, 2.75) is 24.6 Å². The van der Waals surface area contributed by atoms with Crippen molar-refractivity contribution >= 4 is 38.4 Å². The number of likely N-dealkylation sites (N-methyl/N-ethyl adjacent to an activating group) is 1. The zero-order chi connectivity index (χ0) is 36.6. The maximum atomic E-state index is 12.8. The SMILES string of the molecule is CN1CCN(c2ccc(C(=O)Nc3n[nH]c4cc(OCCOCc5ccc(C(F)(F)F)cc5)ccc34)cc2)CC1.Cc1ccc(S(=O)(=O)O)cc1. The number of carbonyl (C=O) groups excluding carboxylic acids is 1. The molecule has 15 heteroatoms. The van der Waals surface area contributed by atoms with Gasteiger partial charge in [-0.25, -0.2) is 0 Å². The van der Waals surface area contributed by atoms with Crippen LogP contribution in [0.4, 0.5) is 24.7 Å². The Morgan fingerprint density at radius 3 is 2.22 bits per heavy atom. The summed E-state index contributed by atoms with van der Waals surface area (Å²) in [6.07, 6.45) is -4.35. The number of amides is 1. The third-order valence-corrected chi connectivity index (χ3v) is 9.00. The zero-order valence-corrected chi connectivity index (χ0v) is 28.8. The van der Waals surface area contributed by atoms with Crippen LogP contribution in [0.1, 0.15) is 27.0 Å². The van der Waals surface area contributed by atoms with E-state index in [-0.39, 0.29) is 30.6 Å². The van der Waals surface area contributed by atoms with E-state index < -0.39 is 21.9 Å². The van der Waals surface area contributed by atoms with Gasteiger partial charge in [-0.1, -0.05) is 29.8 Å². The number of piperazine rings is 1. The van der Waals surface area contributed by atoms with E-state index >= 15 is 0 Å². The van der Waals surface area contributed by atoms with Crippen LogP contribution in [0.3, 0.4) is 0 Å². The molecule has 3 N–H and O–H groups in total. The van der Waals surface area contributed by atoms with E-state index in [1.54, 1.807) is 24.3 Å². The van der Waals surface area contributed by atoms with E-state index in [2.05, 4.69) is 32.4 Å². The highest BCUT2D eigenvalue weighted by Gasteiger charge is 2.29. The number of carbonyl (C=O) groups is 1. The first-order valence-electron chi connectivity index (χ1n) is 16.0. The molecule has 2 heterocycles. The molecule has 1 aliphatic heterocycles. The Labute approximate surface area is 293 Å². The fourth-order valence-electron chi connectivity index (χ4n) is 5.16. The third-order valence-electron chi connectivity index (χ3n) is 8.13. The Morgan fingerprint density at radius 1 is 0.922 bits per heavy atom. The lowest BCUT2D eigenvalue weighted by Crippen LogP contribution is -2.44. The molecule has 0 radical (unpaired) electrons. The van der Waals surface area contributed by atoms with E-state index in [9.17, 15) is 26.4 Å². The summed E-state index contributed by atoms with van der Waals surface area (Å²) in [7, 11) is -1.90. The van der Waals surface area contributed by atoms with E-state index in [0.29, 0.717) is 28.2 Å². The molecule has 51 heavy (non-hydrogen) atoms. The van der Waals surface area contributed by atoms with Crippen molar-refractivity contribution in [1.82, 2.24) is 15.1 Å². The largest absolute Gasteiger partial charge is 0.491 e. The van der Waals surface area contributed by atoms with Crippen LogP contribution in [-0.2, 0) is 27.6 Å². The van der Waals surface area contributed by atoms with Gasteiger partial charge in [-0.3, -0.25) is 14.4 Å². The lowest BCUT2D eigenvalue weighted by Gasteiger charge is -2.34. The smallest absolute Gasteiger partial charge is 0.416 e. The van der Waals surface area contributed by atoms with E-state index in [1.807, 2.05) is 37.3 Å². The number of anilines is 2.